The molecule has 0 atom stereocenters. The normalized spacial score (nSPS) is 10.0. The Morgan fingerprint density at radius 1 is 1.06 bits per heavy atom. The van der Waals surface area contributed by atoms with E-state index in [4.69, 9.17) is 9.47 Å². The largest absolute Gasteiger partial charge is 0.465 e. The summed E-state index contributed by atoms with van der Waals surface area (Å²) < 4.78 is 9.75. The molecule has 0 radical (unpaired) electrons. The van der Waals surface area contributed by atoms with Crippen molar-refractivity contribution < 1.29 is 19.1 Å². The van der Waals surface area contributed by atoms with Crippen molar-refractivity contribution in [3.63, 3.8) is 0 Å². The molecule has 0 aliphatic rings. The molecule has 0 heterocycles. The second-order valence-corrected chi connectivity index (χ2v) is 4.14. The average Bonchev–Trinajstić information content (AvgIpc) is 2.25. The predicted molar refractivity (Wildman–Crippen MR) is 69.9 cm³/mol. The van der Waals surface area contributed by atoms with E-state index in [1.54, 1.807) is 13.8 Å². The van der Waals surface area contributed by atoms with Gasteiger partial charge in [0.2, 0.25) is 0 Å². The maximum absolute atomic E-state index is 11.7. The first-order valence-corrected chi connectivity index (χ1v) is 6.06. The van der Waals surface area contributed by atoms with Crippen LogP contribution in [0.15, 0.2) is 24.3 Å². The third kappa shape index (κ3) is 6.23. The summed E-state index contributed by atoms with van der Waals surface area (Å²) in [4.78, 5) is 23.4. The molecule has 0 aromatic carbocycles. The van der Waals surface area contributed by atoms with Gasteiger partial charge in [-0.2, -0.15) is 0 Å². The first-order valence-electron chi connectivity index (χ1n) is 6.06. The highest BCUT2D eigenvalue weighted by Gasteiger charge is 2.29. The molecular weight excluding hydrogens is 232 g/mol. The van der Waals surface area contributed by atoms with Gasteiger partial charge in [-0.15, -0.1) is 0 Å². The first kappa shape index (κ1) is 16.4. The van der Waals surface area contributed by atoms with Gasteiger partial charge in [0.15, 0.2) is 5.92 Å². The van der Waals surface area contributed by atoms with Gasteiger partial charge in [0, 0.05) is 0 Å². The zero-order valence-corrected chi connectivity index (χ0v) is 11.5. The SMILES string of the molecule is C=C(C)CC(=C)CC(C(=O)OCC)C(=O)OCC. The van der Waals surface area contributed by atoms with E-state index in [0.29, 0.717) is 6.42 Å². The molecule has 0 bridgehead atoms. The molecule has 0 amide bonds. The minimum atomic E-state index is -0.920. The van der Waals surface area contributed by atoms with Crippen LogP contribution in [-0.4, -0.2) is 25.2 Å². The number of carbonyl (C=O) groups is 2. The molecule has 0 saturated carbocycles. The van der Waals surface area contributed by atoms with Crippen LogP contribution in [0, 0.1) is 5.92 Å². The zero-order chi connectivity index (χ0) is 14.1. The molecule has 0 saturated heterocycles. The van der Waals surface area contributed by atoms with Crippen molar-refractivity contribution in [1.82, 2.24) is 0 Å². The maximum atomic E-state index is 11.7. The van der Waals surface area contributed by atoms with Gasteiger partial charge in [0.25, 0.3) is 0 Å². The topological polar surface area (TPSA) is 52.6 Å². The highest BCUT2D eigenvalue weighted by Crippen LogP contribution is 2.19. The monoisotopic (exact) mass is 254 g/mol. The Balaban J connectivity index is 4.65. The number of hydrogen-bond donors (Lipinski definition) is 0. The number of carbonyl (C=O) groups excluding carboxylic acids is 2. The third-order valence-electron chi connectivity index (χ3n) is 2.19. The molecule has 18 heavy (non-hydrogen) atoms. The van der Waals surface area contributed by atoms with Gasteiger partial charge in [0.1, 0.15) is 0 Å². The number of hydrogen-bond acceptors (Lipinski definition) is 4. The average molecular weight is 254 g/mol. The van der Waals surface area contributed by atoms with Crippen LogP contribution >= 0.6 is 0 Å². The molecule has 0 spiro atoms. The summed E-state index contributed by atoms with van der Waals surface area (Å²) in [5.41, 5.74) is 1.71. The number of esters is 2. The highest BCUT2D eigenvalue weighted by molar-refractivity contribution is 5.95. The van der Waals surface area contributed by atoms with Crippen LogP contribution < -0.4 is 0 Å². The van der Waals surface area contributed by atoms with Crippen molar-refractivity contribution in [2.45, 2.75) is 33.6 Å². The molecule has 0 fully saturated rings. The Kier molecular flexibility index (Phi) is 7.76. The summed E-state index contributed by atoms with van der Waals surface area (Å²) in [5, 5.41) is 0. The first-order chi connectivity index (χ1) is 8.42. The van der Waals surface area contributed by atoms with Crippen LogP contribution in [0.4, 0.5) is 0 Å². The van der Waals surface area contributed by atoms with Crippen LogP contribution in [0.1, 0.15) is 33.6 Å². The van der Waals surface area contributed by atoms with Crippen molar-refractivity contribution in [2.75, 3.05) is 13.2 Å². The Morgan fingerprint density at radius 3 is 1.83 bits per heavy atom. The Hall–Kier alpha value is -1.58. The second-order valence-electron chi connectivity index (χ2n) is 4.14. The molecule has 0 aromatic rings. The summed E-state index contributed by atoms with van der Waals surface area (Å²) in [6.45, 7) is 13.4. The predicted octanol–water partition coefficient (Wildman–Crippen LogP) is 2.64. The van der Waals surface area contributed by atoms with Crippen LogP contribution in [0.2, 0.25) is 0 Å². The lowest BCUT2D eigenvalue weighted by molar-refractivity contribution is -0.161. The fourth-order valence-corrected chi connectivity index (χ4v) is 1.54. The van der Waals surface area contributed by atoms with E-state index >= 15 is 0 Å². The van der Waals surface area contributed by atoms with Crippen molar-refractivity contribution in [3.05, 3.63) is 24.3 Å². The molecule has 4 nitrogen and oxygen atoms in total. The standard InChI is InChI=1S/C14H22O4/c1-6-17-13(15)12(14(16)18-7-2)9-11(5)8-10(3)4/h12H,3,5-9H2,1-2,4H3. The molecule has 102 valence electrons. The molecule has 0 aromatic heterocycles. The quantitative estimate of drug-likeness (QED) is 0.379. The summed E-state index contributed by atoms with van der Waals surface area (Å²) in [5.74, 6) is -2.03. The van der Waals surface area contributed by atoms with Gasteiger partial charge >= 0.3 is 11.9 Å². The summed E-state index contributed by atoms with van der Waals surface area (Å²) >= 11 is 0. The fourth-order valence-electron chi connectivity index (χ4n) is 1.54. The van der Waals surface area contributed by atoms with Crippen LogP contribution in [0.5, 0.6) is 0 Å². The van der Waals surface area contributed by atoms with Crippen molar-refractivity contribution in [3.8, 4) is 0 Å². The van der Waals surface area contributed by atoms with E-state index < -0.39 is 17.9 Å². The minimum absolute atomic E-state index is 0.238. The number of allylic oxidation sites excluding steroid dienone is 2. The van der Waals surface area contributed by atoms with Gasteiger partial charge in [-0.05, 0) is 33.6 Å². The Morgan fingerprint density at radius 2 is 1.50 bits per heavy atom. The van der Waals surface area contributed by atoms with E-state index in [2.05, 4.69) is 13.2 Å². The van der Waals surface area contributed by atoms with Gasteiger partial charge in [-0.25, -0.2) is 0 Å². The molecule has 0 rings (SSSR count). The zero-order valence-electron chi connectivity index (χ0n) is 11.5. The van der Waals surface area contributed by atoms with E-state index in [-0.39, 0.29) is 19.6 Å². The molecule has 0 N–H and O–H groups in total. The summed E-state index contributed by atoms with van der Waals surface area (Å²) in [6, 6.07) is 0. The van der Waals surface area contributed by atoms with Gasteiger partial charge in [-0.1, -0.05) is 24.3 Å². The smallest absolute Gasteiger partial charge is 0.320 e. The Labute approximate surface area is 109 Å². The summed E-state index contributed by atoms with van der Waals surface area (Å²) in [6.07, 6.45) is 0.833. The fraction of sp³-hybridized carbons (Fsp3) is 0.571. The van der Waals surface area contributed by atoms with Gasteiger partial charge < -0.3 is 9.47 Å². The van der Waals surface area contributed by atoms with E-state index in [9.17, 15) is 9.59 Å². The minimum Gasteiger partial charge on any atom is -0.465 e. The van der Waals surface area contributed by atoms with E-state index in [0.717, 1.165) is 11.1 Å². The lowest BCUT2D eigenvalue weighted by atomic mass is 9.96. The number of rotatable bonds is 8. The van der Waals surface area contributed by atoms with Crippen molar-refractivity contribution in [1.29, 1.82) is 0 Å². The van der Waals surface area contributed by atoms with Crippen LogP contribution in [-0.2, 0) is 19.1 Å². The second kappa shape index (κ2) is 8.50. The van der Waals surface area contributed by atoms with Gasteiger partial charge in [0.05, 0.1) is 13.2 Å². The number of ether oxygens (including phenoxy) is 2. The van der Waals surface area contributed by atoms with Crippen molar-refractivity contribution >= 4 is 11.9 Å². The molecule has 0 aliphatic heterocycles. The van der Waals surface area contributed by atoms with Crippen LogP contribution in [0.3, 0.4) is 0 Å². The molecular formula is C14H22O4. The Bertz CT molecular complexity index is 313. The lowest BCUT2D eigenvalue weighted by Gasteiger charge is -2.15. The van der Waals surface area contributed by atoms with E-state index in [1.165, 1.54) is 0 Å². The van der Waals surface area contributed by atoms with Crippen molar-refractivity contribution in [2.24, 2.45) is 5.92 Å². The molecule has 4 heteroatoms. The maximum Gasteiger partial charge on any atom is 0.320 e. The lowest BCUT2D eigenvalue weighted by Crippen LogP contribution is -2.28. The molecule has 0 aliphatic carbocycles. The molecule has 0 unspecified atom stereocenters. The van der Waals surface area contributed by atoms with Gasteiger partial charge in [-0.3, -0.25) is 9.59 Å². The summed E-state index contributed by atoms with van der Waals surface area (Å²) in [7, 11) is 0. The van der Waals surface area contributed by atoms with E-state index in [1.807, 2.05) is 6.92 Å². The third-order valence-corrected chi connectivity index (χ3v) is 2.19. The highest BCUT2D eigenvalue weighted by atomic mass is 16.6. The van der Waals surface area contributed by atoms with Crippen LogP contribution in [0.25, 0.3) is 0 Å².